The first-order valence-corrected chi connectivity index (χ1v) is 5.66. The van der Waals surface area contributed by atoms with E-state index in [-0.39, 0.29) is 5.97 Å². The minimum Gasteiger partial charge on any atom is -0.497 e. The summed E-state index contributed by atoms with van der Waals surface area (Å²) in [6.45, 7) is 0. The Hall–Kier alpha value is -1.77. The SMILES string of the molecule is COC(=O)/C=C1/CCc2ccc(OC)cc2C1. The van der Waals surface area contributed by atoms with Crippen LogP contribution in [-0.2, 0) is 22.4 Å². The lowest BCUT2D eigenvalue weighted by Crippen LogP contribution is -2.08. The van der Waals surface area contributed by atoms with Gasteiger partial charge in [-0.15, -0.1) is 0 Å². The highest BCUT2D eigenvalue weighted by Crippen LogP contribution is 2.28. The summed E-state index contributed by atoms with van der Waals surface area (Å²) in [6, 6.07) is 6.12. The largest absolute Gasteiger partial charge is 0.497 e. The van der Waals surface area contributed by atoms with Crippen LogP contribution in [0.1, 0.15) is 17.5 Å². The van der Waals surface area contributed by atoms with Crippen LogP contribution in [0.25, 0.3) is 0 Å². The van der Waals surface area contributed by atoms with Gasteiger partial charge < -0.3 is 9.47 Å². The molecular formula is C14H16O3. The molecule has 0 unspecified atom stereocenters. The number of rotatable bonds is 2. The maximum absolute atomic E-state index is 11.2. The Morgan fingerprint density at radius 3 is 2.76 bits per heavy atom. The molecule has 1 aliphatic rings. The first-order chi connectivity index (χ1) is 8.22. The van der Waals surface area contributed by atoms with Gasteiger partial charge in [0.2, 0.25) is 0 Å². The predicted octanol–water partition coefficient (Wildman–Crippen LogP) is 2.28. The average Bonchev–Trinajstić information content (AvgIpc) is 2.37. The van der Waals surface area contributed by atoms with E-state index in [0.717, 1.165) is 30.6 Å². The van der Waals surface area contributed by atoms with Crippen molar-refractivity contribution >= 4 is 5.97 Å². The smallest absolute Gasteiger partial charge is 0.330 e. The van der Waals surface area contributed by atoms with E-state index in [1.165, 1.54) is 18.2 Å². The summed E-state index contributed by atoms with van der Waals surface area (Å²) in [4.78, 5) is 11.2. The molecule has 1 aromatic carbocycles. The van der Waals surface area contributed by atoms with Gasteiger partial charge in [-0.05, 0) is 42.5 Å². The molecule has 0 fully saturated rings. The third-order valence-electron chi connectivity index (χ3n) is 3.07. The highest BCUT2D eigenvalue weighted by molar-refractivity contribution is 5.82. The average molecular weight is 232 g/mol. The third kappa shape index (κ3) is 2.67. The van der Waals surface area contributed by atoms with Crippen LogP contribution < -0.4 is 4.74 Å². The number of fused-ring (bicyclic) bond motifs is 1. The zero-order chi connectivity index (χ0) is 12.3. The Kier molecular flexibility index (Phi) is 3.47. The summed E-state index contributed by atoms with van der Waals surface area (Å²) in [6.07, 6.45) is 4.31. The number of hydrogen-bond acceptors (Lipinski definition) is 3. The lowest BCUT2D eigenvalue weighted by Gasteiger charge is -2.19. The van der Waals surface area contributed by atoms with Gasteiger partial charge in [-0.3, -0.25) is 0 Å². The zero-order valence-electron chi connectivity index (χ0n) is 10.2. The van der Waals surface area contributed by atoms with Gasteiger partial charge in [-0.25, -0.2) is 4.79 Å². The molecule has 0 aromatic heterocycles. The second-order valence-corrected chi connectivity index (χ2v) is 4.14. The molecule has 0 bridgehead atoms. The molecule has 0 radical (unpaired) electrons. The lowest BCUT2D eigenvalue weighted by atomic mass is 9.88. The highest BCUT2D eigenvalue weighted by atomic mass is 16.5. The lowest BCUT2D eigenvalue weighted by molar-refractivity contribution is -0.134. The van der Waals surface area contributed by atoms with Gasteiger partial charge >= 0.3 is 5.97 Å². The van der Waals surface area contributed by atoms with E-state index in [1.807, 2.05) is 12.1 Å². The normalized spacial score (nSPS) is 16.5. The number of benzene rings is 1. The fourth-order valence-corrected chi connectivity index (χ4v) is 2.11. The second kappa shape index (κ2) is 5.04. The van der Waals surface area contributed by atoms with Crippen molar-refractivity contribution in [2.75, 3.05) is 14.2 Å². The standard InChI is InChI=1S/C14H16O3/c1-16-13-6-5-11-4-3-10(7-12(11)9-13)8-14(15)17-2/h5-6,8-9H,3-4,7H2,1-2H3/b10-8-. The first-order valence-electron chi connectivity index (χ1n) is 5.66. The Morgan fingerprint density at radius 1 is 1.24 bits per heavy atom. The molecule has 1 aliphatic carbocycles. The van der Waals surface area contributed by atoms with Gasteiger partial charge in [0.15, 0.2) is 0 Å². The molecule has 3 heteroatoms. The van der Waals surface area contributed by atoms with E-state index in [2.05, 4.69) is 10.8 Å². The van der Waals surface area contributed by atoms with E-state index < -0.39 is 0 Å². The molecule has 0 amide bonds. The molecule has 0 saturated carbocycles. The second-order valence-electron chi connectivity index (χ2n) is 4.14. The molecule has 3 nitrogen and oxygen atoms in total. The van der Waals surface area contributed by atoms with Crippen molar-refractivity contribution in [2.24, 2.45) is 0 Å². The molecule has 17 heavy (non-hydrogen) atoms. The van der Waals surface area contributed by atoms with Crippen LogP contribution in [0.2, 0.25) is 0 Å². The number of carbonyl (C=O) groups is 1. The molecule has 0 N–H and O–H groups in total. The van der Waals surface area contributed by atoms with Crippen molar-refractivity contribution in [1.82, 2.24) is 0 Å². The van der Waals surface area contributed by atoms with E-state index >= 15 is 0 Å². The van der Waals surface area contributed by atoms with Crippen molar-refractivity contribution in [1.29, 1.82) is 0 Å². The van der Waals surface area contributed by atoms with Crippen molar-refractivity contribution < 1.29 is 14.3 Å². The van der Waals surface area contributed by atoms with Gasteiger partial charge in [0.25, 0.3) is 0 Å². The maximum Gasteiger partial charge on any atom is 0.330 e. The number of hydrogen-bond donors (Lipinski definition) is 0. The van der Waals surface area contributed by atoms with Crippen LogP contribution in [0.5, 0.6) is 5.75 Å². The number of carbonyl (C=O) groups excluding carboxylic acids is 1. The summed E-state index contributed by atoms with van der Waals surface area (Å²) in [5.74, 6) is 0.592. The van der Waals surface area contributed by atoms with E-state index in [1.54, 1.807) is 13.2 Å². The van der Waals surface area contributed by atoms with E-state index in [4.69, 9.17) is 4.74 Å². The van der Waals surface area contributed by atoms with Gasteiger partial charge in [0, 0.05) is 6.08 Å². The van der Waals surface area contributed by atoms with Gasteiger partial charge in [-0.1, -0.05) is 11.6 Å². The minimum absolute atomic E-state index is 0.272. The topological polar surface area (TPSA) is 35.5 Å². The first kappa shape index (κ1) is 11.7. The van der Waals surface area contributed by atoms with Crippen molar-refractivity contribution in [2.45, 2.75) is 19.3 Å². The van der Waals surface area contributed by atoms with Gasteiger partial charge in [-0.2, -0.15) is 0 Å². The van der Waals surface area contributed by atoms with Gasteiger partial charge in [0.05, 0.1) is 14.2 Å². The quantitative estimate of drug-likeness (QED) is 0.579. The number of ether oxygens (including phenoxy) is 2. The van der Waals surface area contributed by atoms with Crippen LogP contribution in [0.3, 0.4) is 0 Å². The van der Waals surface area contributed by atoms with Crippen LogP contribution in [0.15, 0.2) is 29.8 Å². The molecule has 1 aromatic rings. The van der Waals surface area contributed by atoms with Gasteiger partial charge in [0.1, 0.15) is 5.75 Å². The van der Waals surface area contributed by atoms with E-state index in [9.17, 15) is 4.79 Å². The monoisotopic (exact) mass is 232 g/mol. The number of esters is 1. The Morgan fingerprint density at radius 2 is 2.06 bits per heavy atom. The summed E-state index contributed by atoms with van der Waals surface area (Å²) in [7, 11) is 3.06. The van der Waals surface area contributed by atoms with Crippen molar-refractivity contribution in [3.63, 3.8) is 0 Å². The zero-order valence-corrected chi connectivity index (χ0v) is 10.2. The predicted molar refractivity (Wildman–Crippen MR) is 65.1 cm³/mol. The number of aryl methyl sites for hydroxylation is 1. The van der Waals surface area contributed by atoms with Crippen molar-refractivity contribution in [3.05, 3.63) is 41.0 Å². The Balaban J connectivity index is 2.22. The van der Waals surface area contributed by atoms with Crippen LogP contribution in [0.4, 0.5) is 0 Å². The molecule has 0 heterocycles. The molecule has 0 aliphatic heterocycles. The fourth-order valence-electron chi connectivity index (χ4n) is 2.11. The molecule has 0 spiro atoms. The maximum atomic E-state index is 11.2. The van der Waals surface area contributed by atoms with Crippen molar-refractivity contribution in [3.8, 4) is 5.75 Å². The molecule has 0 atom stereocenters. The summed E-state index contributed by atoms with van der Waals surface area (Å²) < 4.78 is 9.85. The van der Waals surface area contributed by atoms with Crippen LogP contribution in [0, 0.1) is 0 Å². The molecular weight excluding hydrogens is 216 g/mol. The third-order valence-corrected chi connectivity index (χ3v) is 3.07. The fraction of sp³-hybridized carbons (Fsp3) is 0.357. The molecule has 0 saturated heterocycles. The highest BCUT2D eigenvalue weighted by Gasteiger charge is 2.14. The summed E-state index contributed by atoms with van der Waals surface area (Å²) in [5.41, 5.74) is 3.70. The molecule has 90 valence electrons. The summed E-state index contributed by atoms with van der Waals surface area (Å²) >= 11 is 0. The number of allylic oxidation sites excluding steroid dienone is 1. The Labute approximate surface area is 101 Å². The van der Waals surface area contributed by atoms with Crippen LogP contribution in [-0.4, -0.2) is 20.2 Å². The Bertz CT molecular complexity index is 461. The minimum atomic E-state index is -0.272. The van der Waals surface area contributed by atoms with Crippen LogP contribution >= 0.6 is 0 Å². The molecule has 2 rings (SSSR count). The van der Waals surface area contributed by atoms with E-state index in [0.29, 0.717) is 0 Å². The number of methoxy groups -OCH3 is 2. The summed E-state index contributed by atoms with van der Waals surface area (Å²) in [5, 5.41) is 0.